The molecule has 1 unspecified atom stereocenters. The molecule has 0 aromatic carbocycles. The van der Waals surface area contributed by atoms with E-state index in [0.29, 0.717) is 11.6 Å². The van der Waals surface area contributed by atoms with Crippen molar-refractivity contribution in [3.63, 3.8) is 0 Å². The maximum atomic E-state index is 3.80. The van der Waals surface area contributed by atoms with Crippen LogP contribution in [0.15, 0.2) is 0 Å². The largest absolute Gasteiger partial charge is 0.313 e. The molecule has 0 saturated carbocycles. The van der Waals surface area contributed by atoms with Crippen molar-refractivity contribution in [3.8, 4) is 0 Å². The lowest BCUT2D eigenvalue weighted by Gasteiger charge is -2.43. The molecule has 1 rings (SSSR count). The van der Waals surface area contributed by atoms with Crippen molar-refractivity contribution >= 4 is 0 Å². The molecule has 2 N–H and O–H groups in total. The molecule has 0 amide bonds. The van der Waals surface area contributed by atoms with Crippen LogP contribution in [0.25, 0.3) is 0 Å². The summed E-state index contributed by atoms with van der Waals surface area (Å²) in [5.74, 6) is 0.727. The van der Waals surface area contributed by atoms with Gasteiger partial charge in [-0.2, -0.15) is 0 Å². The van der Waals surface area contributed by atoms with E-state index in [0.717, 1.165) is 19.0 Å². The summed E-state index contributed by atoms with van der Waals surface area (Å²) in [6.45, 7) is 11.4. The normalized spacial score (nSPS) is 27.9. The van der Waals surface area contributed by atoms with E-state index in [2.05, 4.69) is 38.3 Å². The highest BCUT2D eigenvalue weighted by molar-refractivity contribution is 4.96. The molecule has 1 aliphatic heterocycles. The van der Waals surface area contributed by atoms with Gasteiger partial charge in [-0.15, -0.1) is 0 Å². The second kappa shape index (κ2) is 4.43. The quantitative estimate of drug-likeness (QED) is 0.698. The molecular formula is C11H24N2. The molecule has 1 atom stereocenters. The first kappa shape index (κ1) is 11.0. The van der Waals surface area contributed by atoms with E-state index < -0.39 is 0 Å². The molecule has 1 saturated heterocycles. The predicted octanol–water partition coefficient (Wildman–Crippen LogP) is 1.76. The van der Waals surface area contributed by atoms with Crippen LogP contribution in [-0.2, 0) is 0 Å². The lowest BCUT2D eigenvalue weighted by Crippen LogP contribution is -2.64. The Morgan fingerprint density at radius 3 is 2.38 bits per heavy atom. The van der Waals surface area contributed by atoms with Crippen molar-refractivity contribution in [1.29, 1.82) is 0 Å². The van der Waals surface area contributed by atoms with Gasteiger partial charge in [0.05, 0.1) is 0 Å². The fourth-order valence-electron chi connectivity index (χ4n) is 2.07. The first-order valence-corrected chi connectivity index (χ1v) is 5.62. The average molecular weight is 184 g/mol. The molecule has 0 aromatic rings. The molecule has 1 fully saturated rings. The van der Waals surface area contributed by atoms with Gasteiger partial charge in [-0.25, -0.2) is 0 Å². The second-order valence-corrected chi connectivity index (χ2v) is 4.61. The maximum Gasteiger partial charge on any atom is 0.0304 e. The smallest absolute Gasteiger partial charge is 0.0304 e. The number of hydrogen-bond donors (Lipinski definition) is 2. The fourth-order valence-corrected chi connectivity index (χ4v) is 2.07. The van der Waals surface area contributed by atoms with Gasteiger partial charge in [0, 0.05) is 24.7 Å². The Kier molecular flexibility index (Phi) is 3.74. The summed E-state index contributed by atoms with van der Waals surface area (Å²) in [6.07, 6.45) is 2.44. The Morgan fingerprint density at radius 2 is 1.92 bits per heavy atom. The Labute approximate surface area is 82.5 Å². The Bertz CT molecular complexity index is 150. The van der Waals surface area contributed by atoms with Gasteiger partial charge in [0.2, 0.25) is 0 Å². The lowest BCUT2D eigenvalue weighted by molar-refractivity contribution is 0.181. The van der Waals surface area contributed by atoms with E-state index >= 15 is 0 Å². The van der Waals surface area contributed by atoms with Crippen LogP contribution in [-0.4, -0.2) is 24.7 Å². The highest BCUT2D eigenvalue weighted by Gasteiger charge is 2.33. The zero-order valence-corrected chi connectivity index (χ0v) is 9.48. The summed E-state index contributed by atoms with van der Waals surface area (Å²) in [4.78, 5) is 0. The second-order valence-electron chi connectivity index (χ2n) is 4.61. The van der Waals surface area contributed by atoms with Crippen molar-refractivity contribution in [2.45, 2.75) is 52.1 Å². The van der Waals surface area contributed by atoms with E-state index in [1.807, 2.05) is 0 Å². The van der Waals surface area contributed by atoms with Crippen LogP contribution in [0.4, 0.5) is 0 Å². The lowest BCUT2D eigenvalue weighted by atomic mass is 9.87. The Hall–Kier alpha value is -0.0800. The first-order chi connectivity index (χ1) is 6.13. The SMILES string of the molecule is CCC1(CC)CNCC(C(C)C)N1. The van der Waals surface area contributed by atoms with Crippen molar-refractivity contribution in [2.75, 3.05) is 13.1 Å². The summed E-state index contributed by atoms with van der Waals surface area (Å²) < 4.78 is 0. The third-order valence-electron chi connectivity index (χ3n) is 3.48. The van der Waals surface area contributed by atoms with E-state index in [-0.39, 0.29) is 0 Å². The molecule has 0 aliphatic carbocycles. The molecule has 0 aromatic heterocycles. The van der Waals surface area contributed by atoms with E-state index in [9.17, 15) is 0 Å². The molecule has 13 heavy (non-hydrogen) atoms. The summed E-state index contributed by atoms with van der Waals surface area (Å²) in [5.41, 5.74) is 0.354. The van der Waals surface area contributed by atoms with Gasteiger partial charge in [-0.1, -0.05) is 27.7 Å². The van der Waals surface area contributed by atoms with Crippen molar-refractivity contribution in [1.82, 2.24) is 10.6 Å². The van der Waals surface area contributed by atoms with Crippen LogP contribution in [0, 0.1) is 5.92 Å². The number of hydrogen-bond acceptors (Lipinski definition) is 2. The van der Waals surface area contributed by atoms with Crippen LogP contribution >= 0.6 is 0 Å². The van der Waals surface area contributed by atoms with Gasteiger partial charge < -0.3 is 10.6 Å². The molecular weight excluding hydrogens is 160 g/mol. The van der Waals surface area contributed by atoms with Crippen LogP contribution in [0.2, 0.25) is 0 Å². The topological polar surface area (TPSA) is 24.1 Å². The minimum atomic E-state index is 0.354. The first-order valence-electron chi connectivity index (χ1n) is 5.62. The van der Waals surface area contributed by atoms with Crippen molar-refractivity contribution in [3.05, 3.63) is 0 Å². The molecule has 1 heterocycles. The number of piperazine rings is 1. The van der Waals surface area contributed by atoms with Crippen LogP contribution in [0.1, 0.15) is 40.5 Å². The van der Waals surface area contributed by atoms with Gasteiger partial charge in [0.1, 0.15) is 0 Å². The van der Waals surface area contributed by atoms with Crippen molar-refractivity contribution in [2.24, 2.45) is 5.92 Å². The average Bonchev–Trinajstić information content (AvgIpc) is 2.18. The summed E-state index contributed by atoms with van der Waals surface area (Å²) in [7, 11) is 0. The summed E-state index contributed by atoms with van der Waals surface area (Å²) in [5, 5.41) is 7.35. The van der Waals surface area contributed by atoms with Gasteiger partial charge >= 0.3 is 0 Å². The highest BCUT2D eigenvalue weighted by Crippen LogP contribution is 2.20. The third kappa shape index (κ3) is 2.44. The molecule has 1 aliphatic rings. The van der Waals surface area contributed by atoms with Crippen LogP contribution in [0.5, 0.6) is 0 Å². The fraction of sp³-hybridized carbons (Fsp3) is 1.00. The minimum absolute atomic E-state index is 0.354. The van der Waals surface area contributed by atoms with E-state index in [4.69, 9.17) is 0 Å². The zero-order valence-electron chi connectivity index (χ0n) is 9.48. The van der Waals surface area contributed by atoms with Crippen molar-refractivity contribution < 1.29 is 0 Å². The van der Waals surface area contributed by atoms with E-state index in [1.54, 1.807) is 0 Å². The zero-order chi connectivity index (χ0) is 9.90. The third-order valence-corrected chi connectivity index (χ3v) is 3.48. The Morgan fingerprint density at radius 1 is 1.31 bits per heavy atom. The molecule has 0 spiro atoms. The molecule has 0 bridgehead atoms. The Balaban J connectivity index is 2.58. The highest BCUT2D eigenvalue weighted by atomic mass is 15.1. The summed E-state index contributed by atoms with van der Waals surface area (Å²) in [6, 6.07) is 0.647. The van der Waals surface area contributed by atoms with Gasteiger partial charge in [-0.05, 0) is 18.8 Å². The molecule has 78 valence electrons. The van der Waals surface area contributed by atoms with Gasteiger partial charge in [-0.3, -0.25) is 0 Å². The van der Waals surface area contributed by atoms with E-state index in [1.165, 1.54) is 12.8 Å². The predicted molar refractivity (Wildman–Crippen MR) is 57.9 cm³/mol. The van der Waals surface area contributed by atoms with Crippen LogP contribution < -0.4 is 10.6 Å². The molecule has 0 radical (unpaired) electrons. The maximum absolute atomic E-state index is 3.80. The minimum Gasteiger partial charge on any atom is -0.313 e. The monoisotopic (exact) mass is 184 g/mol. The van der Waals surface area contributed by atoms with Gasteiger partial charge in [0.25, 0.3) is 0 Å². The molecule has 2 nitrogen and oxygen atoms in total. The van der Waals surface area contributed by atoms with Gasteiger partial charge in [0.15, 0.2) is 0 Å². The standard InChI is InChI=1S/C11H24N2/c1-5-11(6-2)8-12-7-10(13-11)9(3)4/h9-10,12-13H,5-8H2,1-4H3. The summed E-state index contributed by atoms with van der Waals surface area (Å²) >= 11 is 0. The molecule has 2 heteroatoms. The number of nitrogens with one attached hydrogen (secondary N) is 2. The number of rotatable bonds is 3. The van der Waals surface area contributed by atoms with Crippen LogP contribution in [0.3, 0.4) is 0 Å².